The quantitative estimate of drug-likeness (QED) is 0.885. The molecule has 2 N–H and O–H groups in total. The lowest BCUT2D eigenvalue weighted by Gasteiger charge is -2.11. The summed E-state index contributed by atoms with van der Waals surface area (Å²) in [6.45, 7) is 2.49. The van der Waals surface area contributed by atoms with E-state index in [1.54, 1.807) is 37.4 Å². The first-order valence-electron chi connectivity index (χ1n) is 6.66. The molecule has 2 rings (SSSR count). The summed E-state index contributed by atoms with van der Waals surface area (Å²) in [5.41, 5.74) is 1.06. The van der Waals surface area contributed by atoms with Crippen LogP contribution in [0.15, 0.2) is 42.5 Å². The van der Waals surface area contributed by atoms with Gasteiger partial charge in [0.15, 0.2) is 0 Å². The molecule has 0 aliphatic carbocycles. The van der Waals surface area contributed by atoms with Crippen LogP contribution in [-0.2, 0) is 0 Å². The summed E-state index contributed by atoms with van der Waals surface area (Å²) in [6.07, 6.45) is 0. The Bertz CT molecular complexity index is 627. The molecule has 110 valence electrons. The third-order valence-corrected chi connectivity index (χ3v) is 2.93. The zero-order valence-electron chi connectivity index (χ0n) is 11.9. The number of hydrogen-bond donors (Lipinski definition) is 2. The number of para-hydroxylation sites is 1. The summed E-state index contributed by atoms with van der Waals surface area (Å²) >= 11 is 0. The van der Waals surface area contributed by atoms with E-state index in [0.717, 1.165) is 5.75 Å². The van der Waals surface area contributed by atoms with Crippen LogP contribution in [0.25, 0.3) is 0 Å². The topological polar surface area (TPSA) is 50.4 Å². The highest BCUT2D eigenvalue weighted by Gasteiger charge is 2.14. The third-order valence-electron chi connectivity index (χ3n) is 2.93. The molecule has 0 saturated heterocycles. The number of carbonyl (C=O) groups excluding carboxylic acids is 1. The van der Waals surface area contributed by atoms with E-state index >= 15 is 0 Å². The molecule has 0 aliphatic rings. The maximum atomic E-state index is 13.6. The number of nitrogens with one attached hydrogen (secondary N) is 2. The molecule has 0 radical (unpaired) electrons. The van der Waals surface area contributed by atoms with Crippen molar-refractivity contribution in [3.8, 4) is 5.75 Å². The minimum absolute atomic E-state index is 0.181. The molecule has 4 nitrogen and oxygen atoms in total. The number of halogens is 1. The van der Waals surface area contributed by atoms with Gasteiger partial charge in [0.1, 0.15) is 11.6 Å². The molecule has 0 spiro atoms. The lowest BCUT2D eigenvalue weighted by Crippen LogP contribution is -2.14. The molecule has 2 aromatic carbocycles. The fourth-order valence-electron chi connectivity index (χ4n) is 1.97. The molecule has 0 saturated carbocycles. The summed E-state index contributed by atoms with van der Waals surface area (Å²) in [6, 6.07) is 11.4. The average Bonchev–Trinajstić information content (AvgIpc) is 2.49. The van der Waals surface area contributed by atoms with Gasteiger partial charge in [-0.15, -0.1) is 0 Å². The Morgan fingerprint density at radius 2 is 1.90 bits per heavy atom. The Kier molecular flexibility index (Phi) is 4.77. The van der Waals surface area contributed by atoms with Gasteiger partial charge < -0.3 is 15.4 Å². The van der Waals surface area contributed by atoms with Gasteiger partial charge in [-0.3, -0.25) is 4.79 Å². The second kappa shape index (κ2) is 6.74. The predicted octanol–water partition coefficient (Wildman–Crippen LogP) is 3.52. The van der Waals surface area contributed by atoms with E-state index in [-0.39, 0.29) is 17.2 Å². The standard InChI is InChI=1S/C16H17FN2O2/c1-3-21-12-9-7-11(8-10-12)19-16(20)13-5-4-6-14(17)15(13)18-2/h4-10,18H,3H2,1-2H3,(H,19,20). The van der Waals surface area contributed by atoms with Gasteiger partial charge in [-0.05, 0) is 43.3 Å². The summed E-state index contributed by atoms with van der Waals surface area (Å²) < 4.78 is 19.0. The molecule has 0 heterocycles. The first-order valence-corrected chi connectivity index (χ1v) is 6.66. The number of ether oxygens (including phenoxy) is 1. The van der Waals surface area contributed by atoms with Crippen LogP contribution in [0.2, 0.25) is 0 Å². The van der Waals surface area contributed by atoms with E-state index in [0.29, 0.717) is 12.3 Å². The van der Waals surface area contributed by atoms with Crippen LogP contribution >= 0.6 is 0 Å². The summed E-state index contributed by atoms with van der Waals surface area (Å²) in [4.78, 5) is 12.2. The minimum Gasteiger partial charge on any atom is -0.494 e. The molecule has 0 unspecified atom stereocenters. The molecule has 0 fully saturated rings. The van der Waals surface area contributed by atoms with Crippen molar-refractivity contribution in [2.45, 2.75) is 6.92 Å². The predicted molar refractivity (Wildman–Crippen MR) is 81.5 cm³/mol. The monoisotopic (exact) mass is 288 g/mol. The summed E-state index contributed by atoms with van der Waals surface area (Å²) in [5, 5.41) is 5.43. The Morgan fingerprint density at radius 3 is 2.52 bits per heavy atom. The lowest BCUT2D eigenvalue weighted by atomic mass is 10.1. The van der Waals surface area contributed by atoms with E-state index in [9.17, 15) is 9.18 Å². The van der Waals surface area contributed by atoms with Crippen LogP contribution in [0, 0.1) is 5.82 Å². The molecule has 21 heavy (non-hydrogen) atoms. The molecule has 1 amide bonds. The zero-order valence-corrected chi connectivity index (χ0v) is 11.9. The maximum absolute atomic E-state index is 13.6. The Labute approximate surface area is 122 Å². The highest BCUT2D eigenvalue weighted by molar-refractivity contribution is 6.08. The number of anilines is 2. The van der Waals surface area contributed by atoms with Crippen LogP contribution in [0.4, 0.5) is 15.8 Å². The fourth-order valence-corrected chi connectivity index (χ4v) is 1.97. The second-order valence-corrected chi connectivity index (χ2v) is 4.32. The van der Waals surface area contributed by atoms with Crippen molar-refractivity contribution in [3.05, 3.63) is 53.8 Å². The largest absolute Gasteiger partial charge is 0.494 e. The van der Waals surface area contributed by atoms with E-state index in [1.807, 2.05) is 6.92 Å². The molecule has 0 bridgehead atoms. The Balaban J connectivity index is 2.16. The van der Waals surface area contributed by atoms with Crippen LogP contribution in [-0.4, -0.2) is 19.6 Å². The zero-order chi connectivity index (χ0) is 15.2. The molecule has 0 aromatic heterocycles. The molecular formula is C16H17FN2O2. The first kappa shape index (κ1) is 14.8. The first-order chi connectivity index (χ1) is 10.2. The fraction of sp³-hybridized carbons (Fsp3) is 0.188. The molecule has 5 heteroatoms. The average molecular weight is 288 g/mol. The van der Waals surface area contributed by atoms with Gasteiger partial charge in [0.2, 0.25) is 0 Å². The Hall–Kier alpha value is -2.56. The van der Waals surface area contributed by atoms with E-state index in [2.05, 4.69) is 10.6 Å². The number of hydrogen-bond acceptors (Lipinski definition) is 3. The van der Waals surface area contributed by atoms with Crippen molar-refractivity contribution >= 4 is 17.3 Å². The van der Waals surface area contributed by atoms with Gasteiger partial charge in [-0.2, -0.15) is 0 Å². The van der Waals surface area contributed by atoms with Crippen LogP contribution < -0.4 is 15.4 Å². The SMILES string of the molecule is CCOc1ccc(NC(=O)c2cccc(F)c2NC)cc1. The van der Waals surface area contributed by atoms with Crippen molar-refractivity contribution in [2.75, 3.05) is 24.3 Å². The van der Waals surface area contributed by atoms with Gasteiger partial charge >= 0.3 is 0 Å². The maximum Gasteiger partial charge on any atom is 0.257 e. The molecule has 2 aromatic rings. The highest BCUT2D eigenvalue weighted by Crippen LogP contribution is 2.21. The molecule has 0 atom stereocenters. The van der Waals surface area contributed by atoms with Crippen molar-refractivity contribution in [1.82, 2.24) is 0 Å². The van der Waals surface area contributed by atoms with Crippen molar-refractivity contribution in [3.63, 3.8) is 0 Å². The van der Waals surface area contributed by atoms with E-state index in [4.69, 9.17) is 4.74 Å². The van der Waals surface area contributed by atoms with Crippen molar-refractivity contribution < 1.29 is 13.9 Å². The van der Waals surface area contributed by atoms with Crippen LogP contribution in [0.3, 0.4) is 0 Å². The van der Waals surface area contributed by atoms with E-state index < -0.39 is 5.82 Å². The minimum atomic E-state index is -0.461. The van der Waals surface area contributed by atoms with Gasteiger partial charge in [-0.25, -0.2) is 4.39 Å². The van der Waals surface area contributed by atoms with Crippen molar-refractivity contribution in [1.29, 1.82) is 0 Å². The Morgan fingerprint density at radius 1 is 1.19 bits per heavy atom. The van der Waals surface area contributed by atoms with Gasteiger partial charge in [0.25, 0.3) is 5.91 Å². The van der Waals surface area contributed by atoms with Gasteiger partial charge in [-0.1, -0.05) is 6.07 Å². The van der Waals surface area contributed by atoms with Crippen LogP contribution in [0.5, 0.6) is 5.75 Å². The smallest absolute Gasteiger partial charge is 0.257 e. The van der Waals surface area contributed by atoms with Gasteiger partial charge in [0.05, 0.1) is 17.9 Å². The molecular weight excluding hydrogens is 271 g/mol. The normalized spacial score (nSPS) is 10.0. The highest BCUT2D eigenvalue weighted by atomic mass is 19.1. The van der Waals surface area contributed by atoms with Crippen molar-refractivity contribution in [2.24, 2.45) is 0 Å². The summed E-state index contributed by atoms with van der Waals surface area (Å²) in [7, 11) is 1.58. The number of rotatable bonds is 5. The second-order valence-electron chi connectivity index (χ2n) is 4.32. The lowest BCUT2D eigenvalue weighted by molar-refractivity contribution is 0.102. The van der Waals surface area contributed by atoms with Crippen LogP contribution in [0.1, 0.15) is 17.3 Å². The summed E-state index contributed by atoms with van der Waals surface area (Å²) in [5.74, 6) is -0.1000. The number of amides is 1. The number of benzene rings is 2. The van der Waals surface area contributed by atoms with Gasteiger partial charge in [0, 0.05) is 12.7 Å². The van der Waals surface area contributed by atoms with E-state index in [1.165, 1.54) is 12.1 Å². The number of carbonyl (C=O) groups is 1. The molecule has 0 aliphatic heterocycles. The third kappa shape index (κ3) is 3.51.